The second-order valence-corrected chi connectivity index (χ2v) is 17.4. The highest BCUT2D eigenvalue weighted by Gasteiger charge is 2.77. The van der Waals surface area contributed by atoms with Crippen LogP contribution in [-0.2, 0) is 9.47 Å². The number of carbonyl (C=O) groups excluding carboxylic acids is 1. The average Bonchev–Trinajstić information content (AvgIpc) is 3.41. The Morgan fingerprint density at radius 2 is 1.74 bits per heavy atom. The molecule has 5 heterocycles. The highest BCUT2D eigenvalue weighted by atomic mass is 19.3. The molecule has 1 aliphatic carbocycles. The number of ether oxygens (including phenoxy) is 4. The number of anilines is 2. The molecule has 5 fully saturated rings. The number of hydrogen-bond acceptors (Lipinski definition) is 10. The molecule has 16 heteroatoms. The van der Waals surface area contributed by atoms with Crippen molar-refractivity contribution < 1.29 is 45.7 Å². The van der Waals surface area contributed by atoms with Crippen molar-refractivity contribution in [2.24, 2.45) is 5.41 Å². The first-order valence-corrected chi connectivity index (χ1v) is 19.4. The molecule has 0 radical (unpaired) electrons. The van der Waals surface area contributed by atoms with Crippen LogP contribution in [-0.4, -0.2) is 102 Å². The lowest BCUT2D eigenvalue weighted by atomic mass is 9.89. The summed E-state index contributed by atoms with van der Waals surface area (Å²) in [4.78, 5) is 28.5. The van der Waals surface area contributed by atoms with Crippen molar-refractivity contribution in [2.75, 3.05) is 57.3 Å². The van der Waals surface area contributed by atoms with E-state index in [1.165, 1.54) is 31.4 Å². The second kappa shape index (κ2) is 13.2. The van der Waals surface area contributed by atoms with E-state index in [-0.39, 0.29) is 95.1 Å². The second-order valence-electron chi connectivity index (χ2n) is 17.4. The third-order valence-electron chi connectivity index (χ3n) is 12.5. The fourth-order valence-corrected chi connectivity index (χ4v) is 9.90. The Balaban J connectivity index is 1.15. The van der Waals surface area contributed by atoms with Crippen LogP contribution in [0.1, 0.15) is 59.3 Å². The molecule has 1 amide bonds. The maximum absolute atomic E-state index is 17.4. The number of nitrogen functional groups attached to an aromatic ring is 1. The largest absolute Gasteiger partial charge is 0.468 e. The standard InChI is InChI=1S/C41H45F5N6O5/c1-38(2,3)57-37(53)52-23-7-8-24(52)16-50(15-23)35-27-14-29(47)31(26-13-25(56-21-54-4)12-22-6-9-28(42)32(43)30(22)26)33(44)34(27)48-36(49-35)55-20-40-10-5-11-51(40)19-39(17-40)18-41(39,45)46/h6,9,12-14,23-24H,5,7-8,10-11,15-21,47H2,1-4H3/t23-,24+,39-,40-/m0/s1. The molecule has 9 rings (SSSR count). The van der Waals surface area contributed by atoms with Crippen molar-refractivity contribution in [2.45, 2.75) is 88.4 Å². The Bertz CT molecular complexity index is 2290. The summed E-state index contributed by atoms with van der Waals surface area (Å²) >= 11 is 0. The van der Waals surface area contributed by atoms with Gasteiger partial charge in [0.2, 0.25) is 0 Å². The van der Waals surface area contributed by atoms with Crippen molar-refractivity contribution in [1.29, 1.82) is 0 Å². The molecule has 2 bridgehead atoms. The number of fused-ring (bicyclic) bond motifs is 5. The lowest BCUT2D eigenvalue weighted by molar-refractivity contribution is 0.0122. The number of aromatic nitrogens is 2. The van der Waals surface area contributed by atoms with Gasteiger partial charge in [0.05, 0.1) is 23.0 Å². The van der Waals surface area contributed by atoms with Crippen LogP contribution in [0.5, 0.6) is 11.8 Å². The van der Waals surface area contributed by atoms with Gasteiger partial charge in [-0.05, 0) is 89.1 Å². The van der Waals surface area contributed by atoms with E-state index in [9.17, 15) is 18.0 Å². The van der Waals surface area contributed by atoms with Crippen molar-refractivity contribution >= 4 is 39.3 Å². The Kier molecular flexibility index (Phi) is 8.74. The van der Waals surface area contributed by atoms with Gasteiger partial charge in [0.1, 0.15) is 29.3 Å². The Hall–Kier alpha value is -4.70. The molecule has 5 aliphatic rings. The zero-order valence-corrected chi connectivity index (χ0v) is 32.3. The number of methoxy groups -OCH3 is 1. The van der Waals surface area contributed by atoms with Crippen LogP contribution < -0.4 is 20.1 Å². The molecule has 0 unspecified atom stereocenters. The van der Waals surface area contributed by atoms with Crippen LogP contribution in [0, 0.1) is 22.9 Å². The number of hydrogen-bond donors (Lipinski definition) is 1. The minimum atomic E-state index is -2.73. The van der Waals surface area contributed by atoms with Gasteiger partial charge < -0.3 is 29.6 Å². The summed E-state index contributed by atoms with van der Waals surface area (Å²) in [5.74, 6) is -5.47. The summed E-state index contributed by atoms with van der Waals surface area (Å²) in [5, 5.41) is 0.267. The van der Waals surface area contributed by atoms with Gasteiger partial charge in [-0.15, -0.1) is 0 Å². The Morgan fingerprint density at radius 3 is 2.42 bits per heavy atom. The molecule has 4 aliphatic heterocycles. The summed E-state index contributed by atoms with van der Waals surface area (Å²) < 4.78 is 99.9. The molecule has 4 aromatic rings. The van der Waals surface area contributed by atoms with Crippen LogP contribution in [0.2, 0.25) is 0 Å². The number of alkyl halides is 2. The zero-order valence-electron chi connectivity index (χ0n) is 32.3. The van der Waals surface area contributed by atoms with Crippen LogP contribution >= 0.6 is 0 Å². The molecule has 3 aromatic carbocycles. The van der Waals surface area contributed by atoms with Crippen molar-refractivity contribution in [3.05, 3.63) is 47.8 Å². The number of amides is 1. The maximum atomic E-state index is 17.4. The van der Waals surface area contributed by atoms with E-state index in [0.29, 0.717) is 31.9 Å². The van der Waals surface area contributed by atoms with Gasteiger partial charge in [-0.2, -0.15) is 9.97 Å². The number of nitrogens with two attached hydrogens (primary N) is 1. The van der Waals surface area contributed by atoms with E-state index in [4.69, 9.17) is 29.7 Å². The zero-order chi connectivity index (χ0) is 40.2. The highest BCUT2D eigenvalue weighted by Crippen LogP contribution is 2.69. The van der Waals surface area contributed by atoms with E-state index in [0.717, 1.165) is 25.3 Å². The minimum Gasteiger partial charge on any atom is -0.468 e. The van der Waals surface area contributed by atoms with Crippen LogP contribution in [0.4, 0.5) is 38.3 Å². The van der Waals surface area contributed by atoms with E-state index >= 15 is 8.78 Å². The third-order valence-corrected chi connectivity index (χ3v) is 12.5. The molecule has 4 atom stereocenters. The molecule has 2 N–H and O–H groups in total. The highest BCUT2D eigenvalue weighted by molar-refractivity contribution is 6.05. The molecule has 1 saturated carbocycles. The first-order chi connectivity index (χ1) is 27.0. The fraction of sp³-hybridized carbons (Fsp3) is 0.537. The fourth-order valence-electron chi connectivity index (χ4n) is 9.90. The number of carbonyl (C=O) groups is 1. The van der Waals surface area contributed by atoms with E-state index in [2.05, 4.69) is 9.88 Å². The summed E-state index contributed by atoms with van der Waals surface area (Å²) in [6.45, 7) is 6.93. The van der Waals surface area contributed by atoms with E-state index in [1.807, 2.05) is 25.7 Å². The molecule has 57 heavy (non-hydrogen) atoms. The van der Waals surface area contributed by atoms with Gasteiger partial charge in [0.15, 0.2) is 24.2 Å². The summed E-state index contributed by atoms with van der Waals surface area (Å²) in [6.07, 6.45) is 2.63. The Labute approximate surface area is 326 Å². The molecule has 1 spiro atoms. The van der Waals surface area contributed by atoms with Gasteiger partial charge in [-0.3, -0.25) is 9.80 Å². The van der Waals surface area contributed by atoms with Gasteiger partial charge in [0, 0.05) is 60.8 Å². The van der Waals surface area contributed by atoms with E-state index < -0.39 is 46.0 Å². The van der Waals surface area contributed by atoms with E-state index in [1.54, 1.807) is 4.90 Å². The van der Waals surface area contributed by atoms with Crippen LogP contribution in [0.3, 0.4) is 0 Å². The quantitative estimate of drug-likeness (QED) is 0.108. The molecule has 304 valence electrons. The summed E-state index contributed by atoms with van der Waals surface area (Å²) in [6, 6.07) is 6.08. The molecule has 11 nitrogen and oxygen atoms in total. The first-order valence-electron chi connectivity index (χ1n) is 19.4. The minimum absolute atomic E-state index is 0.0188. The monoisotopic (exact) mass is 796 g/mol. The molecule has 4 saturated heterocycles. The number of piperazine rings is 1. The maximum Gasteiger partial charge on any atom is 0.410 e. The topological polar surface area (TPSA) is 116 Å². The Morgan fingerprint density at radius 1 is 1.00 bits per heavy atom. The van der Waals surface area contributed by atoms with Crippen LogP contribution in [0.25, 0.3) is 32.8 Å². The molecular formula is C41H45F5N6O5. The molecule has 1 aromatic heterocycles. The van der Waals surface area contributed by atoms with Crippen LogP contribution in [0.15, 0.2) is 30.3 Å². The summed E-state index contributed by atoms with van der Waals surface area (Å²) in [7, 11) is 1.42. The van der Waals surface area contributed by atoms with Crippen molar-refractivity contribution in [1.82, 2.24) is 19.8 Å². The SMILES string of the molecule is COCOc1cc(-c2c(N)cc3c(N4C[C@H]5CC[C@@H](C4)N5C(=O)OC(C)(C)C)nc(OC[C@@]45CCCN4C[C@@]4(CC4(F)F)C5)nc3c2F)c2c(F)c(F)ccc2c1. The number of halogens is 5. The lowest BCUT2D eigenvalue weighted by Gasteiger charge is -2.42. The van der Waals surface area contributed by atoms with Crippen molar-refractivity contribution in [3.8, 4) is 22.9 Å². The lowest BCUT2D eigenvalue weighted by Crippen LogP contribution is -2.57. The predicted octanol–water partition coefficient (Wildman–Crippen LogP) is 7.66. The van der Waals surface area contributed by atoms with Gasteiger partial charge in [-0.25, -0.2) is 26.7 Å². The first kappa shape index (κ1) is 37.9. The number of rotatable bonds is 8. The number of benzene rings is 3. The van der Waals surface area contributed by atoms with Gasteiger partial charge in [-0.1, -0.05) is 6.07 Å². The smallest absolute Gasteiger partial charge is 0.410 e. The van der Waals surface area contributed by atoms with Crippen molar-refractivity contribution in [3.63, 3.8) is 0 Å². The predicted molar refractivity (Wildman–Crippen MR) is 202 cm³/mol. The third kappa shape index (κ3) is 6.24. The normalized spacial score (nSPS) is 26.5. The van der Waals surface area contributed by atoms with Gasteiger partial charge in [0.25, 0.3) is 5.92 Å². The van der Waals surface area contributed by atoms with Gasteiger partial charge >= 0.3 is 12.1 Å². The molecular weight excluding hydrogens is 751 g/mol. The average molecular weight is 797 g/mol. The summed E-state index contributed by atoms with van der Waals surface area (Å²) in [5.41, 5.74) is 3.67. The number of nitrogens with zero attached hydrogens (tertiary/aromatic N) is 5.